The third kappa shape index (κ3) is 2.43. The van der Waals surface area contributed by atoms with Gasteiger partial charge in [0, 0.05) is 24.8 Å². The van der Waals surface area contributed by atoms with Crippen molar-refractivity contribution in [1.82, 2.24) is 14.9 Å². The average molecular weight is 237 g/mol. The SMILES string of the molecule is c1ncn(C2CC2)c1CNC1CCSCC1. The molecule has 0 radical (unpaired) electrons. The summed E-state index contributed by atoms with van der Waals surface area (Å²) in [7, 11) is 0. The lowest BCUT2D eigenvalue weighted by Crippen LogP contribution is -2.32. The van der Waals surface area contributed by atoms with Gasteiger partial charge < -0.3 is 9.88 Å². The second-order valence-electron chi connectivity index (χ2n) is 4.79. The molecule has 1 aliphatic heterocycles. The lowest BCUT2D eigenvalue weighted by molar-refractivity contribution is 0.470. The highest BCUT2D eigenvalue weighted by Gasteiger charge is 2.25. The van der Waals surface area contributed by atoms with E-state index < -0.39 is 0 Å². The molecule has 1 aromatic rings. The van der Waals surface area contributed by atoms with Crippen molar-refractivity contribution in [3.8, 4) is 0 Å². The van der Waals surface area contributed by atoms with Gasteiger partial charge in [0.2, 0.25) is 0 Å². The van der Waals surface area contributed by atoms with Gasteiger partial charge in [-0.3, -0.25) is 0 Å². The van der Waals surface area contributed by atoms with E-state index in [9.17, 15) is 0 Å². The van der Waals surface area contributed by atoms with Gasteiger partial charge in [0.15, 0.2) is 0 Å². The van der Waals surface area contributed by atoms with Crippen LogP contribution in [0.15, 0.2) is 12.5 Å². The van der Waals surface area contributed by atoms with Crippen LogP contribution in [-0.2, 0) is 6.54 Å². The lowest BCUT2D eigenvalue weighted by Gasteiger charge is -2.22. The molecular formula is C12H19N3S. The zero-order chi connectivity index (χ0) is 10.8. The van der Waals surface area contributed by atoms with Crippen molar-refractivity contribution in [2.24, 2.45) is 0 Å². The molecule has 0 unspecified atom stereocenters. The van der Waals surface area contributed by atoms with Gasteiger partial charge in [0.05, 0.1) is 12.0 Å². The third-order valence-electron chi connectivity index (χ3n) is 3.48. The summed E-state index contributed by atoms with van der Waals surface area (Å²) >= 11 is 2.08. The summed E-state index contributed by atoms with van der Waals surface area (Å²) in [6, 6.07) is 1.48. The van der Waals surface area contributed by atoms with Crippen LogP contribution in [0.2, 0.25) is 0 Å². The summed E-state index contributed by atoms with van der Waals surface area (Å²) in [4.78, 5) is 4.27. The fourth-order valence-electron chi connectivity index (χ4n) is 2.30. The van der Waals surface area contributed by atoms with Crippen LogP contribution in [0, 0.1) is 0 Å². The number of thioether (sulfide) groups is 1. The first-order chi connectivity index (χ1) is 7.93. The number of nitrogens with zero attached hydrogens (tertiary/aromatic N) is 2. The summed E-state index contributed by atoms with van der Waals surface area (Å²) < 4.78 is 2.35. The van der Waals surface area contributed by atoms with E-state index in [0.717, 1.165) is 18.6 Å². The molecule has 2 fully saturated rings. The van der Waals surface area contributed by atoms with Gasteiger partial charge >= 0.3 is 0 Å². The first-order valence-corrected chi connectivity index (χ1v) is 7.41. The van der Waals surface area contributed by atoms with Gasteiger partial charge in [-0.15, -0.1) is 0 Å². The quantitative estimate of drug-likeness (QED) is 0.870. The normalized spacial score (nSPS) is 22.5. The van der Waals surface area contributed by atoms with Gasteiger partial charge in [0.25, 0.3) is 0 Å². The molecule has 3 nitrogen and oxygen atoms in total. The summed E-state index contributed by atoms with van der Waals surface area (Å²) in [5.41, 5.74) is 1.36. The molecule has 0 aromatic carbocycles. The predicted octanol–water partition coefficient (Wildman–Crippen LogP) is 2.20. The number of hydrogen-bond donors (Lipinski definition) is 1. The second kappa shape index (κ2) is 4.80. The van der Waals surface area contributed by atoms with Crippen molar-refractivity contribution in [2.75, 3.05) is 11.5 Å². The summed E-state index contributed by atoms with van der Waals surface area (Å²) in [6.45, 7) is 0.992. The number of nitrogens with one attached hydrogen (secondary N) is 1. The lowest BCUT2D eigenvalue weighted by atomic mass is 10.1. The fourth-order valence-corrected chi connectivity index (χ4v) is 3.41. The molecule has 0 amide bonds. The van der Waals surface area contributed by atoms with Crippen LogP contribution in [-0.4, -0.2) is 27.1 Å². The monoisotopic (exact) mass is 237 g/mol. The van der Waals surface area contributed by atoms with Crippen LogP contribution >= 0.6 is 11.8 Å². The zero-order valence-corrected chi connectivity index (χ0v) is 10.4. The molecule has 2 heterocycles. The van der Waals surface area contributed by atoms with Gasteiger partial charge in [-0.05, 0) is 37.2 Å². The number of rotatable bonds is 4. The Morgan fingerprint density at radius 3 is 2.88 bits per heavy atom. The van der Waals surface area contributed by atoms with Gasteiger partial charge in [-0.2, -0.15) is 11.8 Å². The number of hydrogen-bond acceptors (Lipinski definition) is 3. The van der Waals surface area contributed by atoms with Crippen LogP contribution < -0.4 is 5.32 Å². The van der Waals surface area contributed by atoms with E-state index in [1.165, 1.54) is 42.9 Å². The molecule has 2 aliphatic rings. The Balaban J connectivity index is 1.54. The second-order valence-corrected chi connectivity index (χ2v) is 6.02. The van der Waals surface area contributed by atoms with Crippen LogP contribution in [0.3, 0.4) is 0 Å². The van der Waals surface area contributed by atoms with Crippen LogP contribution in [0.1, 0.15) is 37.4 Å². The van der Waals surface area contributed by atoms with E-state index in [-0.39, 0.29) is 0 Å². The van der Waals surface area contributed by atoms with Crippen molar-refractivity contribution < 1.29 is 0 Å². The molecule has 1 aromatic heterocycles. The van der Waals surface area contributed by atoms with Crippen molar-refractivity contribution in [3.63, 3.8) is 0 Å². The zero-order valence-electron chi connectivity index (χ0n) is 9.56. The third-order valence-corrected chi connectivity index (χ3v) is 4.53. The smallest absolute Gasteiger partial charge is 0.0951 e. The molecule has 88 valence electrons. The van der Waals surface area contributed by atoms with E-state index >= 15 is 0 Å². The van der Waals surface area contributed by atoms with Crippen molar-refractivity contribution in [3.05, 3.63) is 18.2 Å². The maximum Gasteiger partial charge on any atom is 0.0951 e. The first-order valence-electron chi connectivity index (χ1n) is 6.25. The predicted molar refractivity (Wildman–Crippen MR) is 67.7 cm³/mol. The Bertz CT molecular complexity index is 340. The maximum atomic E-state index is 4.27. The van der Waals surface area contributed by atoms with Crippen molar-refractivity contribution >= 4 is 11.8 Å². The van der Waals surface area contributed by atoms with Gasteiger partial charge in [0.1, 0.15) is 0 Å². The number of imidazole rings is 1. The maximum absolute atomic E-state index is 4.27. The van der Waals surface area contributed by atoms with E-state index in [2.05, 4.69) is 26.6 Å². The van der Waals surface area contributed by atoms with Crippen LogP contribution in [0.5, 0.6) is 0 Å². The fraction of sp³-hybridized carbons (Fsp3) is 0.750. The molecule has 1 N–H and O–H groups in total. The Kier molecular flexibility index (Phi) is 3.20. The Morgan fingerprint density at radius 2 is 2.12 bits per heavy atom. The van der Waals surface area contributed by atoms with E-state index in [0.29, 0.717) is 0 Å². The summed E-state index contributed by atoms with van der Waals surface area (Å²) in [5, 5.41) is 3.67. The minimum atomic E-state index is 0.726. The van der Waals surface area contributed by atoms with Gasteiger partial charge in [-0.1, -0.05) is 0 Å². The molecule has 0 bridgehead atoms. The molecule has 0 spiro atoms. The van der Waals surface area contributed by atoms with Crippen LogP contribution in [0.4, 0.5) is 0 Å². The molecule has 3 rings (SSSR count). The number of aromatic nitrogens is 2. The van der Waals surface area contributed by atoms with E-state index in [1.54, 1.807) is 0 Å². The highest BCUT2D eigenvalue weighted by molar-refractivity contribution is 7.99. The largest absolute Gasteiger partial charge is 0.330 e. The Labute approximate surface area is 101 Å². The molecule has 0 atom stereocenters. The molecular weight excluding hydrogens is 218 g/mol. The molecule has 1 aliphatic carbocycles. The minimum absolute atomic E-state index is 0.726. The summed E-state index contributed by atoms with van der Waals surface area (Å²) in [6.07, 6.45) is 9.33. The standard InChI is InChI=1S/C12H19N3S/c1-2-11(1)15-9-13-7-12(15)8-14-10-3-5-16-6-4-10/h7,9-11,14H,1-6,8H2. The van der Waals surface area contributed by atoms with E-state index in [1.807, 2.05) is 12.5 Å². The highest BCUT2D eigenvalue weighted by atomic mass is 32.2. The van der Waals surface area contributed by atoms with Crippen molar-refractivity contribution in [1.29, 1.82) is 0 Å². The molecule has 16 heavy (non-hydrogen) atoms. The highest BCUT2D eigenvalue weighted by Crippen LogP contribution is 2.35. The van der Waals surface area contributed by atoms with Crippen molar-refractivity contribution in [2.45, 2.75) is 44.3 Å². The minimum Gasteiger partial charge on any atom is -0.330 e. The summed E-state index contributed by atoms with van der Waals surface area (Å²) in [5.74, 6) is 2.64. The topological polar surface area (TPSA) is 29.9 Å². The van der Waals surface area contributed by atoms with Gasteiger partial charge in [-0.25, -0.2) is 4.98 Å². The Morgan fingerprint density at radius 1 is 1.31 bits per heavy atom. The first kappa shape index (κ1) is 10.7. The Hall–Kier alpha value is -0.480. The molecule has 1 saturated heterocycles. The van der Waals surface area contributed by atoms with Crippen LogP contribution in [0.25, 0.3) is 0 Å². The van der Waals surface area contributed by atoms with E-state index in [4.69, 9.17) is 0 Å². The average Bonchev–Trinajstić information content (AvgIpc) is 3.07. The molecule has 4 heteroatoms. The molecule has 1 saturated carbocycles.